The molecule has 4 rings (SSSR count). The van der Waals surface area contributed by atoms with Gasteiger partial charge in [0.25, 0.3) is 0 Å². The summed E-state index contributed by atoms with van der Waals surface area (Å²) >= 11 is 0. The molecule has 3 aromatic rings. The van der Waals surface area contributed by atoms with E-state index in [9.17, 15) is 5.11 Å². The topological polar surface area (TPSA) is 60.0 Å². The van der Waals surface area contributed by atoms with Gasteiger partial charge >= 0.3 is 0 Å². The van der Waals surface area contributed by atoms with E-state index >= 15 is 0 Å². The van der Waals surface area contributed by atoms with Crippen LogP contribution in [-0.2, 0) is 0 Å². The molecule has 0 aliphatic carbocycles. The second-order valence-electron chi connectivity index (χ2n) is 7.69. The Hall–Kier alpha value is -3.28. The maximum Gasteiger partial charge on any atom is 0.231 e. The van der Waals surface area contributed by atoms with Crippen LogP contribution in [0.4, 0.5) is 0 Å². The molecule has 2 N–H and O–H groups in total. The molecule has 0 saturated heterocycles. The van der Waals surface area contributed by atoms with Crippen molar-refractivity contribution in [3.63, 3.8) is 0 Å². The normalized spacial score (nSPS) is 14.1. The number of ether oxygens (including phenoxy) is 3. The van der Waals surface area contributed by atoms with Gasteiger partial charge in [-0.05, 0) is 65.6 Å². The summed E-state index contributed by atoms with van der Waals surface area (Å²) in [5.74, 6) is 2.30. The summed E-state index contributed by atoms with van der Waals surface area (Å²) in [5.41, 5.74) is 5.78. The number of hydrogen-bond acceptors (Lipinski definition) is 5. The molecule has 32 heavy (non-hydrogen) atoms. The third-order valence-electron chi connectivity index (χ3n) is 5.46. The summed E-state index contributed by atoms with van der Waals surface area (Å²) in [7, 11) is 1.81. The number of hydrogen-bond donors (Lipinski definition) is 2. The number of aliphatic hydroxyl groups is 1. The monoisotopic (exact) mass is 431 g/mol. The first-order valence-electron chi connectivity index (χ1n) is 10.9. The minimum absolute atomic E-state index is 0.249. The van der Waals surface area contributed by atoms with Crippen LogP contribution in [0.5, 0.6) is 17.2 Å². The predicted octanol–water partition coefficient (Wildman–Crippen LogP) is 4.74. The summed E-state index contributed by atoms with van der Waals surface area (Å²) in [6.07, 6.45) is 0.315. The standard InChI is InChI=1S/C27H29NO4/c1-3-24(21-11-14-25-26(15-21)32-18-31-25)27(19-7-5-4-6-8-19)20-9-12-23(13-10-20)30-17-22(29)16-28-2/h4-15,22,28-29H,3,16-18H2,1-2H3/b27-24-. The fourth-order valence-corrected chi connectivity index (χ4v) is 3.93. The smallest absolute Gasteiger partial charge is 0.231 e. The van der Waals surface area contributed by atoms with Crippen LogP contribution in [0.3, 0.4) is 0 Å². The van der Waals surface area contributed by atoms with Crippen LogP contribution in [-0.4, -0.2) is 38.2 Å². The van der Waals surface area contributed by atoms with Crippen molar-refractivity contribution >= 4 is 11.1 Å². The lowest BCUT2D eigenvalue weighted by Gasteiger charge is -2.17. The summed E-state index contributed by atoms with van der Waals surface area (Å²) in [6, 6.07) is 24.6. The number of fused-ring (bicyclic) bond motifs is 1. The van der Waals surface area contributed by atoms with Crippen LogP contribution in [0.1, 0.15) is 30.0 Å². The molecule has 0 bridgehead atoms. The van der Waals surface area contributed by atoms with Crippen molar-refractivity contribution in [1.29, 1.82) is 0 Å². The second kappa shape index (κ2) is 10.4. The Morgan fingerprint density at radius 2 is 1.62 bits per heavy atom. The Labute approximate surface area is 189 Å². The molecule has 5 heteroatoms. The van der Waals surface area contributed by atoms with Crippen molar-refractivity contribution in [1.82, 2.24) is 5.32 Å². The van der Waals surface area contributed by atoms with Crippen molar-refractivity contribution in [2.45, 2.75) is 19.4 Å². The molecular weight excluding hydrogens is 402 g/mol. The zero-order valence-electron chi connectivity index (χ0n) is 18.5. The quantitative estimate of drug-likeness (QED) is 0.479. The summed E-state index contributed by atoms with van der Waals surface area (Å²) in [4.78, 5) is 0. The Morgan fingerprint density at radius 3 is 2.34 bits per heavy atom. The van der Waals surface area contributed by atoms with Crippen molar-refractivity contribution in [3.05, 3.63) is 89.5 Å². The lowest BCUT2D eigenvalue weighted by molar-refractivity contribution is 0.108. The van der Waals surface area contributed by atoms with Crippen LogP contribution in [0.15, 0.2) is 72.8 Å². The van der Waals surface area contributed by atoms with Crippen LogP contribution in [0, 0.1) is 0 Å². The molecule has 0 saturated carbocycles. The molecule has 0 aromatic heterocycles. The molecule has 0 spiro atoms. The van der Waals surface area contributed by atoms with Crippen LogP contribution >= 0.6 is 0 Å². The summed E-state index contributed by atoms with van der Waals surface area (Å²) in [5, 5.41) is 12.8. The van der Waals surface area contributed by atoms with E-state index in [1.165, 1.54) is 11.1 Å². The van der Waals surface area contributed by atoms with E-state index in [0.29, 0.717) is 6.54 Å². The largest absolute Gasteiger partial charge is 0.491 e. The highest BCUT2D eigenvalue weighted by Gasteiger charge is 2.18. The molecule has 1 unspecified atom stereocenters. The van der Waals surface area contributed by atoms with Crippen LogP contribution < -0.4 is 19.5 Å². The van der Waals surface area contributed by atoms with E-state index in [-0.39, 0.29) is 13.4 Å². The first kappa shape index (κ1) is 21.9. The number of rotatable bonds is 9. The highest BCUT2D eigenvalue weighted by atomic mass is 16.7. The first-order chi connectivity index (χ1) is 15.7. The lowest BCUT2D eigenvalue weighted by atomic mass is 9.88. The number of benzene rings is 3. The highest BCUT2D eigenvalue weighted by molar-refractivity contribution is 5.98. The van der Waals surface area contributed by atoms with Crippen molar-refractivity contribution < 1.29 is 19.3 Å². The third kappa shape index (κ3) is 4.96. The van der Waals surface area contributed by atoms with Gasteiger partial charge < -0.3 is 24.6 Å². The molecule has 0 radical (unpaired) electrons. The van der Waals surface area contributed by atoms with E-state index < -0.39 is 6.10 Å². The fraction of sp³-hybridized carbons (Fsp3) is 0.259. The van der Waals surface area contributed by atoms with E-state index in [1.54, 1.807) is 7.05 Å². The average molecular weight is 432 g/mol. The van der Waals surface area contributed by atoms with Crippen LogP contribution in [0.2, 0.25) is 0 Å². The number of likely N-dealkylation sites (N-methyl/N-ethyl adjacent to an activating group) is 1. The number of aliphatic hydroxyl groups excluding tert-OH is 1. The Kier molecular flexibility index (Phi) is 7.10. The van der Waals surface area contributed by atoms with Gasteiger partial charge in [-0.2, -0.15) is 0 Å². The molecule has 5 nitrogen and oxygen atoms in total. The lowest BCUT2D eigenvalue weighted by Crippen LogP contribution is -2.29. The Balaban J connectivity index is 1.71. The third-order valence-corrected chi connectivity index (χ3v) is 5.46. The van der Waals surface area contributed by atoms with Gasteiger partial charge in [-0.15, -0.1) is 0 Å². The molecule has 1 heterocycles. The van der Waals surface area contributed by atoms with Crippen LogP contribution in [0.25, 0.3) is 11.1 Å². The predicted molar refractivity (Wildman–Crippen MR) is 127 cm³/mol. The molecule has 1 atom stereocenters. The first-order valence-corrected chi connectivity index (χ1v) is 10.9. The van der Waals surface area contributed by atoms with Gasteiger partial charge in [-0.1, -0.05) is 55.5 Å². The SMILES string of the molecule is CC/C(=C(\c1ccccc1)c1ccc(OCC(O)CNC)cc1)c1ccc2c(c1)OCO2. The van der Waals surface area contributed by atoms with Crippen molar-refractivity contribution in [3.8, 4) is 17.2 Å². The second-order valence-corrected chi connectivity index (χ2v) is 7.69. The highest BCUT2D eigenvalue weighted by Crippen LogP contribution is 2.39. The Bertz CT molecular complexity index is 1060. The van der Waals surface area contributed by atoms with Gasteiger partial charge in [0.2, 0.25) is 6.79 Å². The minimum atomic E-state index is -0.544. The molecule has 0 amide bonds. The van der Waals surface area contributed by atoms with Gasteiger partial charge in [-0.25, -0.2) is 0 Å². The summed E-state index contributed by atoms with van der Waals surface area (Å²) in [6.45, 7) is 3.18. The average Bonchev–Trinajstić information content (AvgIpc) is 3.30. The zero-order chi connectivity index (χ0) is 22.3. The fourth-order valence-electron chi connectivity index (χ4n) is 3.93. The Morgan fingerprint density at radius 1 is 0.938 bits per heavy atom. The molecular formula is C27H29NO4. The minimum Gasteiger partial charge on any atom is -0.491 e. The van der Waals surface area contributed by atoms with Gasteiger partial charge in [-0.3, -0.25) is 0 Å². The maximum atomic E-state index is 9.89. The molecule has 166 valence electrons. The zero-order valence-corrected chi connectivity index (χ0v) is 18.5. The van der Waals surface area contributed by atoms with Gasteiger partial charge in [0.15, 0.2) is 11.5 Å². The van der Waals surface area contributed by atoms with E-state index in [1.807, 2.05) is 24.3 Å². The van der Waals surface area contributed by atoms with Gasteiger partial charge in [0.1, 0.15) is 18.5 Å². The van der Waals surface area contributed by atoms with Gasteiger partial charge in [0, 0.05) is 6.54 Å². The maximum absolute atomic E-state index is 9.89. The van der Waals surface area contributed by atoms with E-state index in [0.717, 1.165) is 40.4 Å². The molecule has 1 aliphatic heterocycles. The van der Waals surface area contributed by atoms with E-state index in [2.05, 4.69) is 60.8 Å². The molecule has 0 fully saturated rings. The summed E-state index contributed by atoms with van der Waals surface area (Å²) < 4.78 is 16.9. The number of nitrogens with one attached hydrogen (secondary N) is 1. The van der Waals surface area contributed by atoms with E-state index in [4.69, 9.17) is 14.2 Å². The molecule has 3 aromatic carbocycles. The number of allylic oxidation sites excluding steroid dienone is 1. The molecule has 1 aliphatic rings. The van der Waals surface area contributed by atoms with Gasteiger partial charge in [0.05, 0.1) is 0 Å². The van der Waals surface area contributed by atoms with Crippen molar-refractivity contribution in [2.75, 3.05) is 27.0 Å². The van der Waals surface area contributed by atoms with Crippen molar-refractivity contribution in [2.24, 2.45) is 0 Å².